The van der Waals surface area contributed by atoms with Gasteiger partial charge in [0.05, 0.1) is 11.8 Å². The number of aromatic nitrogens is 2. The summed E-state index contributed by atoms with van der Waals surface area (Å²) in [5, 5.41) is 7.39. The standard InChI is InChI=1S/C21H21N5O3S/c1-11-6-13(4-5-16(11)22)19-15-9-18-17(28-10-29-18)8-14(15)7-12(2)26(24-19)21-23-20(27)25(3)30-21/h4-6,8-9,12H,7,10,22H2,1-3H3/t12-/m1/s1. The zero-order valence-electron chi connectivity index (χ0n) is 16.9. The number of fused-ring (bicyclic) bond motifs is 2. The second kappa shape index (κ2) is 6.88. The van der Waals surface area contributed by atoms with Crippen LogP contribution in [-0.4, -0.2) is 27.5 Å². The molecule has 8 nitrogen and oxygen atoms in total. The predicted molar refractivity (Wildman–Crippen MR) is 117 cm³/mol. The van der Waals surface area contributed by atoms with Crippen LogP contribution in [0.2, 0.25) is 0 Å². The first-order chi connectivity index (χ1) is 14.4. The molecule has 1 atom stereocenters. The van der Waals surface area contributed by atoms with E-state index in [4.69, 9.17) is 20.3 Å². The summed E-state index contributed by atoms with van der Waals surface area (Å²) in [6.45, 7) is 4.26. The number of nitrogens with zero attached hydrogens (tertiary/aromatic N) is 4. The maximum atomic E-state index is 12.0. The molecule has 0 saturated heterocycles. The summed E-state index contributed by atoms with van der Waals surface area (Å²) in [7, 11) is 1.70. The average Bonchev–Trinajstić information content (AvgIpc) is 3.26. The van der Waals surface area contributed by atoms with E-state index in [0.29, 0.717) is 17.3 Å². The minimum atomic E-state index is -0.287. The minimum absolute atomic E-state index is 0.0120. The lowest BCUT2D eigenvalue weighted by atomic mass is 9.93. The molecule has 0 fully saturated rings. The van der Waals surface area contributed by atoms with Gasteiger partial charge in [-0.3, -0.25) is 0 Å². The van der Waals surface area contributed by atoms with Gasteiger partial charge in [0.25, 0.3) is 0 Å². The van der Waals surface area contributed by atoms with Gasteiger partial charge in [0.15, 0.2) is 11.5 Å². The Bertz CT molecular complexity index is 1250. The van der Waals surface area contributed by atoms with Crippen LogP contribution in [0.4, 0.5) is 10.8 Å². The van der Waals surface area contributed by atoms with Gasteiger partial charge in [0.1, 0.15) is 0 Å². The molecule has 9 heteroatoms. The number of anilines is 2. The van der Waals surface area contributed by atoms with Gasteiger partial charge < -0.3 is 15.2 Å². The van der Waals surface area contributed by atoms with Gasteiger partial charge in [0, 0.05) is 23.9 Å². The second-order valence-electron chi connectivity index (χ2n) is 7.55. The molecule has 2 N–H and O–H groups in total. The number of aryl methyl sites for hydroxylation is 2. The number of benzene rings is 2. The third-order valence-electron chi connectivity index (χ3n) is 5.41. The zero-order valence-corrected chi connectivity index (χ0v) is 17.7. The Morgan fingerprint density at radius 3 is 2.67 bits per heavy atom. The summed E-state index contributed by atoms with van der Waals surface area (Å²) in [5.74, 6) is 1.45. The van der Waals surface area contributed by atoms with Crippen molar-refractivity contribution in [3.05, 3.63) is 63.1 Å². The molecule has 2 aromatic carbocycles. The molecule has 0 bridgehead atoms. The molecule has 0 aliphatic carbocycles. The van der Waals surface area contributed by atoms with E-state index in [2.05, 4.69) is 11.9 Å². The summed E-state index contributed by atoms with van der Waals surface area (Å²) >= 11 is 1.28. The Morgan fingerprint density at radius 1 is 1.20 bits per heavy atom. The molecule has 5 rings (SSSR count). The lowest BCUT2D eigenvalue weighted by Gasteiger charge is -2.22. The van der Waals surface area contributed by atoms with Gasteiger partial charge in [-0.05, 0) is 67.2 Å². The highest BCUT2D eigenvalue weighted by molar-refractivity contribution is 7.10. The van der Waals surface area contributed by atoms with E-state index in [0.717, 1.165) is 39.4 Å². The molecule has 2 aliphatic heterocycles. The van der Waals surface area contributed by atoms with Crippen LogP contribution in [0, 0.1) is 6.92 Å². The minimum Gasteiger partial charge on any atom is -0.454 e. The van der Waals surface area contributed by atoms with Crippen molar-refractivity contribution in [2.45, 2.75) is 26.3 Å². The average molecular weight is 423 g/mol. The van der Waals surface area contributed by atoms with Crippen molar-refractivity contribution in [3.63, 3.8) is 0 Å². The first kappa shape index (κ1) is 18.7. The molecule has 3 heterocycles. The van der Waals surface area contributed by atoms with E-state index in [1.807, 2.05) is 42.3 Å². The molecule has 3 aromatic rings. The number of nitrogen functional groups attached to an aromatic ring is 1. The smallest absolute Gasteiger partial charge is 0.359 e. The van der Waals surface area contributed by atoms with E-state index in [9.17, 15) is 4.79 Å². The Kier molecular flexibility index (Phi) is 4.28. The molecule has 0 spiro atoms. The molecular formula is C21H21N5O3S. The van der Waals surface area contributed by atoms with Crippen LogP contribution in [0.3, 0.4) is 0 Å². The molecule has 30 heavy (non-hydrogen) atoms. The number of hydrazone groups is 1. The van der Waals surface area contributed by atoms with E-state index >= 15 is 0 Å². The molecule has 0 unspecified atom stereocenters. The van der Waals surface area contributed by atoms with Crippen molar-refractivity contribution < 1.29 is 9.47 Å². The number of ether oxygens (including phenoxy) is 2. The maximum Gasteiger partial charge on any atom is 0.359 e. The van der Waals surface area contributed by atoms with E-state index in [1.165, 1.54) is 15.5 Å². The van der Waals surface area contributed by atoms with Crippen LogP contribution in [0.1, 0.15) is 29.2 Å². The van der Waals surface area contributed by atoms with Gasteiger partial charge in [-0.15, -0.1) is 0 Å². The lowest BCUT2D eigenvalue weighted by molar-refractivity contribution is 0.174. The summed E-state index contributed by atoms with van der Waals surface area (Å²) < 4.78 is 12.7. The largest absolute Gasteiger partial charge is 0.454 e. The monoisotopic (exact) mass is 423 g/mol. The maximum absolute atomic E-state index is 12.0. The molecule has 0 saturated carbocycles. The lowest BCUT2D eigenvalue weighted by Crippen LogP contribution is -2.29. The quantitative estimate of drug-likeness (QED) is 0.637. The highest BCUT2D eigenvalue weighted by Crippen LogP contribution is 2.38. The molecular weight excluding hydrogens is 402 g/mol. The van der Waals surface area contributed by atoms with Crippen molar-refractivity contribution in [1.29, 1.82) is 0 Å². The van der Waals surface area contributed by atoms with Crippen molar-refractivity contribution in [2.75, 3.05) is 17.5 Å². The molecule has 1 aromatic heterocycles. The Labute approximate surface area is 177 Å². The van der Waals surface area contributed by atoms with Crippen LogP contribution in [0.5, 0.6) is 11.5 Å². The SMILES string of the molecule is Cc1cc(C2=NN(c3nc(=O)n(C)s3)[C@H](C)Cc3cc4c(cc32)OCO4)ccc1N. The Morgan fingerprint density at radius 2 is 1.97 bits per heavy atom. The van der Waals surface area contributed by atoms with Gasteiger partial charge in [0.2, 0.25) is 11.9 Å². The second-order valence-corrected chi connectivity index (χ2v) is 8.64. The molecule has 2 aliphatic rings. The predicted octanol–water partition coefficient (Wildman–Crippen LogP) is 2.66. The topological polar surface area (TPSA) is 95.0 Å². The molecule has 0 radical (unpaired) electrons. The van der Waals surface area contributed by atoms with Gasteiger partial charge >= 0.3 is 5.69 Å². The van der Waals surface area contributed by atoms with Gasteiger partial charge in [-0.1, -0.05) is 6.07 Å². The van der Waals surface area contributed by atoms with Gasteiger partial charge in [-0.25, -0.2) is 13.8 Å². The van der Waals surface area contributed by atoms with Crippen LogP contribution in [0.15, 0.2) is 40.2 Å². The zero-order chi connectivity index (χ0) is 21.0. The fraction of sp³-hybridized carbons (Fsp3) is 0.286. The Hall–Kier alpha value is -3.33. The summed E-state index contributed by atoms with van der Waals surface area (Å²) in [6.07, 6.45) is 0.713. The third-order valence-corrected chi connectivity index (χ3v) is 6.28. The van der Waals surface area contributed by atoms with Crippen molar-refractivity contribution in [3.8, 4) is 11.5 Å². The van der Waals surface area contributed by atoms with Crippen molar-refractivity contribution >= 4 is 28.1 Å². The highest BCUT2D eigenvalue weighted by atomic mass is 32.1. The summed E-state index contributed by atoms with van der Waals surface area (Å²) in [5.41, 5.74) is 11.3. The van der Waals surface area contributed by atoms with Gasteiger partial charge in [-0.2, -0.15) is 10.1 Å². The third kappa shape index (κ3) is 3.02. The first-order valence-corrected chi connectivity index (χ1v) is 10.4. The molecule has 0 amide bonds. The van der Waals surface area contributed by atoms with Crippen LogP contribution >= 0.6 is 11.5 Å². The fourth-order valence-corrected chi connectivity index (χ4v) is 4.52. The Balaban J connectivity index is 1.73. The van der Waals surface area contributed by atoms with Crippen LogP contribution in [-0.2, 0) is 13.5 Å². The van der Waals surface area contributed by atoms with Crippen LogP contribution in [0.25, 0.3) is 0 Å². The van der Waals surface area contributed by atoms with E-state index in [-0.39, 0.29) is 18.5 Å². The number of nitrogens with two attached hydrogens (primary N) is 1. The first-order valence-electron chi connectivity index (χ1n) is 9.62. The fourth-order valence-electron chi connectivity index (χ4n) is 3.73. The van der Waals surface area contributed by atoms with Crippen molar-refractivity contribution in [1.82, 2.24) is 8.94 Å². The van der Waals surface area contributed by atoms with E-state index < -0.39 is 0 Å². The molecule has 154 valence electrons. The van der Waals surface area contributed by atoms with Crippen LogP contribution < -0.4 is 25.9 Å². The van der Waals surface area contributed by atoms with Crippen molar-refractivity contribution in [2.24, 2.45) is 12.1 Å². The summed E-state index contributed by atoms with van der Waals surface area (Å²) in [6, 6.07) is 9.87. The van der Waals surface area contributed by atoms with E-state index in [1.54, 1.807) is 7.05 Å². The number of hydrogen-bond donors (Lipinski definition) is 1. The summed E-state index contributed by atoms with van der Waals surface area (Å²) in [4.78, 5) is 16.2. The number of rotatable bonds is 2. The normalized spacial score (nSPS) is 17.5. The number of hydrogen-bond acceptors (Lipinski definition) is 8. The highest BCUT2D eigenvalue weighted by Gasteiger charge is 2.29.